The summed E-state index contributed by atoms with van der Waals surface area (Å²) in [5.41, 5.74) is 2.47. The minimum absolute atomic E-state index is 0.00126. The van der Waals surface area contributed by atoms with E-state index in [0.717, 1.165) is 48.2 Å². The molecule has 0 spiro atoms. The van der Waals surface area contributed by atoms with Gasteiger partial charge in [-0.25, -0.2) is 28.7 Å². The molecule has 0 bridgehead atoms. The van der Waals surface area contributed by atoms with Crippen LogP contribution in [0, 0.1) is 17.1 Å². The summed E-state index contributed by atoms with van der Waals surface area (Å²) in [5, 5.41) is 36.6. The van der Waals surface area contributed by atoms with Crippen molar-refractivity contribution >= 4 is 40.5 Å². The molecule has 1 atom stereocenters. The molecular weight excluding hydrogens is 796 g/mol. The molecule has 4 aromatic rings. The number of hydrogen-bond donors (Lipinski definition) is 4. The molecule has 0 aliphatic carbocycles. The summed E-state index contributed by atoms with van der Waals surface area (Å²) in [4.78, 5) is 40.8. The van der Waals surface area contributed by atoms with Gasteiger partial charge in [0.15, 0.2) is 0 Å². The molecule has 1 aliphatic rings. The number of piperidine rings is 1. The van der Waals surface area contributed by atoms with Crippen molar-refractivity contribution in [1.29, 1.82) is 5.26 Å². The first-order valence-electron chi connectivity index (χ1n) is 14.9. The maximum atomic E-state index is 13.6. The van der Waals surface area contributed by atoms with Gasteiger partial charge in [-0.1, -0.05) is 11.6 Å². The molecule has 300 valence electrons. The second-order valence-electron chi connectivity index (χ2n) is 10.8. The van der Waals surface area contributed by atoms with Gasteiger partial charge in [-0.2, -0.15) is 49.9 Å². The summed E-state index contributed by atoms with van der Waals surface area (Å²) in [7, 11) is 0. The molecule has 5 rings (SSSR count). The van der Waals surface area contributed by atoms with E-state index in [9.17, 15) is 49.2 Å². The molecule has 0 saturated carbocycles. The zero-order valence-electron chi connectivity index (χ0n) is 27.3. The molecule has 3 aromatic heterocycles. The second kappa shape index (κ2) is 19.6. The average Bonchev–Trinajstić information content (AvgIpc) is 3.75. The summed E-state index contributed by atoms with van der Waals surface area (Å²) in [6, 6.07) is 8.41. The van der Waals surface area contributed by atoms with Crippen LogP contribution in [0.4, 0.5) is 43.9 Å². The number of nitrogens with one attached hydrogen (secondary N) is 1. The van der Waals surface area contributed by atoms with Crippen LogP contribution in [0.2, 0.25) is 5.02 Å². The number of halogens is 11. The number of carbonyl (C=O) groups is 3. The highest BCUT2D eigenvalue weighted by atomic mass is 35.5. The first-order valence-corrected chi connectivity index (χ1v) is 15.2. The van der Waals surface area contributed by atoms with Gasteiger partial charge < -0.3 is 29.9 Å². The average molecular weight is 822 g/mol. The molecule has 0 radical (unpaired) electrons. The fourth-order valence-corrected chi connectivity index (χ4v) is 4.62. The summed E-state index contributed by atoms with van der Waals surface area (Å²) < 4.78 is 117. The number of aliphatic carboxylic acids is 3. The highest BCUT2D eigenvalue weighted by Gasteiger charge is 2.39. The smallest absolute Gasteiger partial charge is 0.490 e. The topological polar surface area (TPSA) is 208 Å². The quantitative estimate of drug-likeness (QED) is 0.147. The Balaban J connectivity index is 0.000000408. The van der Waals surface area contributed by atoms with Crippen LogP contribution in [0.5, 0.6) is 5.75 Å². The normalized spacial score (nSPS) is 14.1. The lowest BCUT2D eigenvalue weighted by molar-refractivity contribution is -0.193. The molecular formula is C30H26ClF10N7O7. The van der Waals surface area contributed by atoms with Crippen molar-refractivity contribution in [3.05, 3.63) is 60.0 Å². The van der Waals surface area contributed by atoms with Crippen molar-refractivity contribution in [3.63, 3.8) is 0 Å². The van der Waals surface area contributed by atoms with Crippen molar-refractivity contribution in [1.82, 2.24) is 29.6 Å². The number of ether oxygens (including phenoxy) is 1. The number of alkyl halides is 9. The number of rotatable bonds is 7. The van der Waals surface area contributed by atoms with Crippen LogP contribution < -0.4 is 4.74 Å². The zero-order valence-corrected chi connectivity index (χ0v) is 28.1. The van der Waals surface area contributed by atoms with Gasteiger partial charge in [0, 0.05) is 54.1 Å². The predicted molar refractivity (Wildman–Crippen MR) is 167 cm³/mol. The van der Waals surface area contributed by atoms with Gasteiger partial charge >= 0.3 is 36.4 Å². The minimum Gasteiger partial charge on any atom is -0.490 e. The Morgan fingerprint density at radius 2 is 1.49 bits per heavy atom. The van der Waals surface area contributed by atoms with Crippen molar-refractivity contribution in [2.24, 2.45) is 0 Å². The van der Waals surface area contributed by atoms with E-state index in [0.29, 0.717) is 23.7 Å². The van der Waals surface area contributed by atoms with E-state index >= 15 is 0 Å². The molecule has 1 fully saturated rings. The maximum Gasteiger partial charge on any atom is 0.490 e. The number of benzene rings is 1. The van der Waals surface area contributed by atoms with Crippen LogP contribution in [0.3, 0.4) is 0 Å². The van der Waals surface area contributed by atoms with Gasteiger partial charge in [0.1, 0.15) is 29.6 Å². The molecule has 25 heteroatoms. The largest absolute Gasteiger partial charge is 0.490 e. The van der Waals surface area contributed by atoms with Gasteiger partial charge in [-0.15, -0.1) is 0 Å². The van der Waals surface area contributed by atoms with Crippen LogP contribution in [-0.2, 0) is 14.4 Å². The number of aromatic nitrogens is 5. The SMILES string of the molecule is N#CCC(CN1CCC(Oc2cc(F)cc(Cl)c2)CC1)n1cc(-c2ncnc3[nH]ccc23)cn1.O=C(O)C(F)(F)F.O=C(O)C(F)(F)F.O=C(O)C(F)(F)F. The predicted octanol–water partition coefficient (Wildman–Crippen LogP) is 6.51. The highest BCUT2D eigenvalue weighted by Crippen LogP contribution is 2.28. The number of H-pyrrole nitrogens is 1. The minimum atomic E-state index is -5.08. The van der Waals surface area contributed by atoms with E-state index in [1.807, 2.05) is 23.1 Å². The van der Waals surface area contributed by atoms with Crippen LogP contribution in [0.25, 0.3) is 22.3 Å². The Kier molecular flexibility index (Phi) is 16.2. The lowest BCUT2D eigenvalue weighted by atomic mass is 10.1. The second-order valence-corrected chi connectivity index (χ2v) is 11.3. The van der Waals surface area contributed by atoms with Crippen molar-refractivity contribution in [2.75, 3.05) is 19.6 Å². The Bertz CT molecular complexity index is 1860. The molecule has 4 N–H and O–H groups in total. The number of nitrogens with zero attached hydrogens (tertiary/aromatic N) is 6. The number of likely N-dealkylation sites (tertiary alicyclic amines) is 1. The van der Waals surface area contributed by atoms with Gasteiger partial charge in [0.05, 0.1) is 30.4 Å². The maximum absolute atomic E-state index is 13.6. The fraction of sp³-hybridized carbons (Fsp3) is 0.367. The van der Waals surface area contributed by atoms with Crippen LogP contribution in [0.1, 0.15) is 25.3 Å². The third-order valence-corrected chi connectivity index (χ3v) is 7.02. The van der Waals surface area contributed by atoms with Crippen molar-refractivity contribution in [2.45, 2.75) is 49.9 Å². The lowest BCUT2D eigenvalue weighted by Gasteiger charge is -2.34. The summed E-state index contributed by atoms with van der Waals surface area (Å²) in [6.07, 6.45) is -6.19. The third-order valence-electron chi connectivity index (χ3n) is 6.80. The summed E-state index contributed by atoms with van der Waals surface area (Å²) >= 11 is 5.93. The van der Waals surface area contributed by atoms with Crippen molar-refractivity contribution in [3.8, 4) is 23.1 Å². The van der Waals surface area contributed by atoms with E-state index in [2.05, 4.69) is 31.0 Å². The lowest BCUT2D eigenvalue weighted by Crippen LogP contribution is -2.41. The Hall–Kier alpha value is -5.70. The number of carboxylic acids is 3. The number of carboxylic acid groups (broad SMARTS) is 3. The molecule has 1 aromatic carbocycles. The Morgan fingerprint density at radius 1 is 0.945 bits per heavy atom. The van der Waals surface area contributed by atoms with Gasteiger partial charge in [0.2, 0.25) is 0 Å². The van der Waals surface area contributed by atoms with Crippen molar-refractivity contribution < 1.29 is 78.3 Å². The van der Waals surface area contributed by atoms with E-state index in [1.165, 1.54) is 18.5 Å². The van der Waals surface area contributed by atoms with Gasteiger partial charge in [-0.3, -0.25) is 4.68 Å². The van der Waals surface area contributed by atoms with Crippen LogP contribution in [0.15, 0.2) is 49.2 Å². The molecule has 0 amide bonds. The van der Waals surface area contributed by atoms with Crippen LogP contribution >= 0.6 is 11.6 Å². The van der Waals surface area contributed by atoms with E-state index in [1.54, 1.807) is 12.3 Å². The molecule has 1 saturated heterocycles. The first kappa shape index (κ1) is 45.5. The summed E-state index contributed by atoms with van der Waals surface area (Å²) in [6.45, 7) is 2.34. The number of hydrogen-bond acceptors (Lipinski definition) is 9. The monoisotopic (exact) mass is 821 g/mol. The Labute approximate surface area is 306 Å². The van der Waals surface area contributed by atoms with E-state index < -0.39 is 42.3 Å². The summed E-state index contributed by atoms with van der Waals surface area (Å²) in [5.74, 6) is -8.22. The molecule has 55 heavy (non-hydrogen) atoms. The molecule has 1 unspecified atom stereocenters. The standard InChI is InChI=1S/C24H23ClFN7O.3C2HF3O2/c25-17-9-18(26)11-21(10-17)34-20-3-7-32(8-4-20)14-19(1-5-27)33-13-16(12-31-33)23-22-2-6-28-24(22)30-15-29-23;3*3-2(4,5)1(6)7/h2,6,9-13,15,19-20H,1,3-4,7-8,14H2,(H,28,29,30);3*(H,6,7). The van der Waals surface area contributed by atoms with E-state index in [4.69, 9.17) is 46.0 Å². The molecule has 4 heterocycles. The zero-order chi connectivity index (χ0) is 41.7. The first-order chi connectivity index (χ1) is 25.4. The van der Waals surface area contributed by atoms with Gasteiger partial charge in [-0.05, 0) is 31.0 Å². The Morgan fingerprint density at radius 3 is 1.98 bits per heavy atom. The van der Waals surface area contributed by atoms with Crippen LogP contribution in [-0.4, -0.2) is 107 Å². The fourth-order valence-electron chi connectivity index (χ4n) is 4.41. The third kappa shape index (κ3) is 15.3. The highest BCUT2D eigenvalue weighted by molar-refractivity contribution is 6.30. The van der Waals surface area contributed by atoms with E-state index in [-0.39, 0.29) is 12.1 Å². The number of fused-ring (bicyclic) bond motifs is 1. The number of aromatic amines is 1. The molecule has 1 aliphatic heterocycles. The number of nitriles is 1. The van der Waals surface area contributed by atoms with Gasteiger partial charge in [0.25, 0.3) is 0 Å². The molecule has 14 nitrogen and oxygen atoms in total.